The Bertz CT molecular complexity index is 459. The summed E-state index contributed by atoms with van der Waals surface area (Å²) in [6.45, 7) is 5.86. The van der Waals surface area contributed by atoms with Crippen LogP contribution in [-0.2, 0) is 6.54 Å². The fourth-order valence-corrected chi connectivity index (χ4v) is 3.61. The Morgan fingerprint density at radius 1 is 1.24 bits per heavy atom. The Morgan fingerprint density at radius 2 is 1.86 bits per heavy atom. The molecule has 3 nitrogen and oxygen atoms in total. The number of benzene rings is 1. The van der Waals surface area contributed by atoms with Crippen molar-refractivity contribution in [2.24, 2.45) is 17.1 Å². The second-order valence-corrected chi connectivity index (χ2v) is 6.89. The zero-order valence-electron chi connectivity index (χ0n) is 13.3. The van der Waals surface area contributed by atoms with Crippen LogP contribution in [0.4, 0.5) is 0 Å². The zero-order chi connectivity index (χ0) is 15.3. The lowest BCUT2D eigenvalue weighted by Crippen LogP contribution is -2.36. The van der Waals surface area contributed by atoms with E-state index >= 15 is 0 Å². The first-order chi connectivity index (χ1) is 10.0. The summed E-state index contributed by atoms with van der Waals surface area (Å²) >= 11 is 0. The van der Waals surface area contributed by atoms with Gasteiger partial charge in [-0.05, 0) is 48.3 Å². The van der Waals surface area contributed by atoms with E-state index in [1.54, 1.807) is 0 Å². The third-order valence-electron chi connectivity index (χ3n) is 4.58. The molecule has 0 aliphatic heterocycles. The van der Waals surface area contributed by atoms with Crippen LogP contribution in [0.15, 0.2) is 24.3 Å². The van der Waals surface area contributed by atoms with Crippen LogP contribution in [0.5, 0.6) is 0 Å². The molecule has 21 heavy (non-hydrogen) atoms. The molecule has 1 amide bonds. The first kappa shape index (κ1) is 16.0. The molecule has 0 saturated heterocycles. The van der Waals surface area contributed by atoms with E-state index in [0.717, 1.165) is 17.7 Å². The van der Waals surface area contributed by atoms with Crippen molar-refractivity contribution in [2.45, 2.75) is 52.5 Å². The van der Waals surface area contributed by atoms with Crippen LogP contribution in [0.2, 0.25) is 0 Å². The number of hydrogen-bond donors (Lipinski definition) is 2. The Morgan fingerprint density at radius 3 is 2.38 bits per heavy atom. The van der Waals surface area contributed by atoms with Crippen molar-refractivity contribution in [2.75, 3.05) is 6.54 Å². The first-order valence-corrected chi connectivity index (χ1v) is 8.12. The lowest BCUT2D eigenvalue weighted by molar-refractivity contribution is 0.0922. The van der Waals surface area contributed by atoms with Crippen molar-refractivity contribution in [1.82, 2.24) is 5.32 Å². The lowest BCUT2D eigenvalue weighted by Gasteiger charge is -2.31. The van der Waals surface area contributed by atoms with E-state index in [0.29, 0.717) is 17.9 Å². The van der Waals surface area contributed by atoms with E-state index in [-0.39, 0.29) is 5.91 Å². The molecular formula is C18H28N2O. The summed E-state index contributed by atoms with van der Waals surface area (Å²) in [6.07, 6.45) is 6.30. The number of nitrogens with two attached hydrogens (primary N) is 1. The van der Waals surface area contributed by atoms with Gasteiger partial charge in [-0.25, -0.2) is 0 Å². The van der Waals surface area contributed by atoms with E-state index in [2.05, 4.69) is 19.2 Å². The van der Waals surface area contributed by atoms with Crippen LogP contribution < -0.4 is 11.1 Å². The highest BCUT2D eigenvalue weighted by atomic mass is 16.1. The summed E-state index contributed by atoms with van der Waals surface area (Å²) in [4.78, 5) is 12.3. The van der Waals surface area contributed by atoms with Crippen LogP contribution in [0.25, 0.3) is 0 Å². The molecule has 3 heteroatoms. The van der Waals surface area contributed by atoms with Gasteiger partial charge in [0.15, 0.2) is 0 Å². The van der Waals surface area contributed by atoms with Gasteiger partial charge in [0.1, 0.15) is 0 Å². The van der Waals surface area contributed by atoms with Gasteiger partial charge >= 0.3 is 0 Å². The van der Waals surface area contributed by atoms with E-state index in [4.69, 9.17) is 5.73 Å². The number of hydrogen-bond acceptors (Lipinski definition) is 2. The minimum atomic E-state index is 0.0357. The van der Waals surface area contributed by atoms with Gasteiger partial charge in [0.05, 0.1) is 0 Å². The summed E-state index contributed by atoms with van der Waals surface area (Å²) in [7, 11) is 0. The van der Waals surface area contributed by atoms with Crippen molar-refractivity contribution in [3.8, 4) is 0 Å². The second-order valence-electron chi connectivity index (χ2n) is 6.89. The fourth-order valence-electron chi connectivity index (χ4n) is 3.61. The second kappa shape index (κ2) is 7.08. The number of carbonyl (C=O) groups excluding carboxylic acids is 1. The molecule has 3 N–H and O–H groups in total. The third-order valence-corrected chi connectivity index (χ3v) is 4.58. The molecule has 0 atom stereocenters. The van der Waals surface area contributed by atoms with Crippen LogP contribution in [0, 0.1) is 11.3 Å². The summed E-state index contributed by atoms with van der Waals surface area (Å²) in [5.74, 6) is 0.720. The van der Waals surface area contributed by atoms with Gasteiger partial charge in [0, 0.05) is 18.7 Å². The molecule has 2 rings (SSSR count). The molecule has 0 heterocycles. The van der Waals surface area contributed by atoms with E-state index < -0.39 is 0 Å². The van der Waals surface area contributed by atoms with Crippen LogP contribution in [-0.4, -0.2) is 12.5 Å². The Kier molecular flexibility index (Phi) is 5.40. The molecule has 0 unspecified atom stereocenters. The normalized spacial score (nSPS) is 17.1. The quantitative estimate of drug-likeness (QED) is 0.842. The topological polar surface area (TPSA) is 55.1 Å². The van der Waals surface area contributed by atoms with Crippen molar-refractivity contribution >= 4 is 5.91 Å². The Balaban J connectivity index is 1.95. The van der Waals surface area contributed by atoms with Crippen LogP contribution in [0.3, 0.4) is 0 Å². The lowest BCUT2D eigenvalue weighted by atomic mass is 9.78. The molecule has 0 bridgehead atoms. The molecule has 1 aliphatic carbocycles. The summed E-state index contributed by atoms with van der Waals surface area (Å²) in [5, 5.41) is 3.15. The minimum Gasteiger partial charge on any atom is -0.351 e. The molecule has 0 aromatic heterocycles. The van der Waals surface area contributed by atoms with Crippen molar-refractivity contribution in [3.05, 3.63) is 35.4 Å². The van der Waals surface area contributed by atoms with Crippen molar-refractivity contribution in [3.63, 3.8) is 0 Å². The van der Waals surface area contributed by atoms with Gasteiger partial charge in [0.2, 0.25) is 0 Å². The van der Waals surface area contributed by atoms with Gasteiger partial charge in [-0.15, -0.1) is 0 Å². The molecule has 1 fully saturated rings. The summed E-state index contributed by atoms with van der Waals surface area (Å²) < 4.78 is 0. The van der Waals surface area contributed by atoms with Gasteiger partial charge in [-0.1, -0.05) is 38.8 Å². The van der Waals surface area contributed by atoms with Gasteiger partial charge in [-0.2, -0.15) is 0 Å². The molecule has 0 radical (unpaired) electrons. The van der Waals surface area contributed by atoms with Crippen molar-refractivity contribution in [1.29, 1.82) is 0 Å². The SMILES string of the molecule is CC(C)CC1(CNC(=O)c2ccc(CN)cc2)CCCC1. The Hall–Kier alpha value is -1.35. The monoisotopic (exact) mass is 288 g/mol. The molecule has 1 aromatic carbocycles. The van der Waals surface area contributed by atoms with Gasteiger partial charge in [-0.3, -0.25) is 4.79 Å². The fraction of sp³-hybridized carbons (Fsp3) is 0.611. The largest absolute Gasteiger partial charge is 0.351 e. The summed E-state index contributed by atoms with van der Waals surface area (Å²) in [5.41, 5.74) is 7.68. The average Bonchev–Trinajstić information content (AvgIpc) is 2.93. The first-order valence-electron chi connectivity index (χ1n) is 8.12. The maximum Gasteiger partial charge on any atom is 0.251 e. The molecule has 1 aromatic rings. The maximum absolute atomic E-state index is 12.3. The average molecular weight is 288 g/mol. The number of nitrogens with one attached hydrogen (secondary N) is 1. The predicted octanol–water partition coefficient (Wildman–Crippen LogP) is 3.48. The third kappa shape index (κ3) is 4.31. The molecular weight excluding hydrogens is 260 g/mol. The molecule has 0 spiro atoms. The predicted molar refractivity (Wildman–Crippen MR) is 87.0 cm³/mol. The van der Waals surface area contributed by atoms with E-state index in [9.17, 15) is 4.79 Å². The van der Waals surface area contributed by atoms with Gasteiger partial charge in [0.25, 0.3) is 5.91 Å². The number of rotatable bonds is 6. The minimum absolute atomic E-state index is 0.0357. The molecule has 116 valence electrons. The molecule has 1 saturated carbocycles. The smallest absolute Gasteiger partial charge is 0.251 e. The highest BCUT2D eigenvalue weighted by Crippen LogP contribution is 2.42. The standard InChI is InChI=1S/C18H28N2O/c1-14(2)11-18(9-3-4-10-18)13-20-17(21)16-7-5-15(12-19)6-8-16/h5-8,14H,3-4,9-13,19H2,1-2H3,(H,20,21). The van der Waals surface area contributed by atoms with E-state index in [1.165, 1.54) is 32.1 Å². The maximum atomic E-state index is 12.3. The molecule has 1 aliphatic rings. The highest BCUT2D eigenvalue weighted by Gasteiger charge is 2.34. The van der Waals surface area contributed by atoms with E-state index in [1.807, 2.05) is 24.3 Å². The summed E-state index contributed by atoms with van der Waals surface area (Å²) in [6, 6.07) is 7.57. The van der Waals surface area contributed by atoms with Crippen molar-refractivity contribution < 1.29 is 4.79 Å². The van der Waals surface area contributed by atoms with Gasteiger partial charge < -0.3 is 11.1 Å². The van der Waals surface area contributed by atoms with Crippen LogP contribution >= 0.6 is 0 Å². The Labute approximate surface area is 128 Å². The highest BCUT2D eigenvalue weighted by molar-refractivity contribution is 5.94. The van der Waals surface area contributed by atoms with Crippen LogP contribution in [0.1, 0.15) is 61.9 Å². The number of amides is 1. The number of carbonyl (C=O) groups is 1. The zero-order valence-corrected chi connectivity index (χ0v) is 13.3.